The van der Waals surface area contributed by atoms with Gasteiger partial charge in [0.25, 0.3) is 0 Å². The Bertz CT molecular complexity index is 230. The van der Waals surface area contributed by atoms with Crippen LogP contribution in [0.4, 0.5) is 0 Å². The standard InChI is InChI=1S/C7H11ClN2O3/c1-3-10-7(13)4(5(8)11)6(12)9-2/h4H,3H2,1-2H3,(H,9,12)(H,10,13). The molecule has 74 valence electrons. The summed E-state index contributed by atoms with van der Waals surface area (Å²) < 4.78 is 0. The molecule has 0 aliphatic rings. The van der Waals surface area contributed by atoms with Gasteiger partial charge in [-0.2, -0.15) is 0 Å². The summed E-state index contributed by atoms with van der Waals surface area (Å²) in [5.41, 5.74) is 0. The van der Waals surface area contributed by atoms with Crippen LogP contribution in [0.5, 0.6) is 0 Å². The van der Waals surface area contributed by atoms with Crippen LogP contribution in [0.25, 0.3) is 0 Å². The van der Waals surface area contributed by atoms with Gasteiger partial charge in [-0.25, -0.2) is 0 Å². The van der Waals surface area contributed by atoms with Gasteiger partial charge in [-0.3, -0.25) is 14.4 Å². The molecule has 0 aromatic heterocycles. The molecule has 0 spiro atoms. The predicted octanol–water partition coefficient (Wildman–Crippen LogP) is -0.750. The molecular formula is C7H11ClN2O3. The Morgan fingerprint density at radius 2 is 1.85 bits per heavy atom. The van der Waals surface area contributed by atoms with E-state index in [9.17, 15) is 14.4 Å². The Labute approximate surface area is 80.8 Å². The zero-order valence-corrected chi connectivity index (χ0v) is 8.14. The molecule has 0 aromatic rings. The van der Waals surface area contributed by atoms with E-state index in [0.29, 0.717) is 6.54 Å². The predicted molar refractivity (Wildman–Crippen MR) is 47.1 cm³/mol. The maximum Gasteiger partial charge on any atom is 0.243 e. The first-order valence-corrected chi connectivity index (χ1v) is 4.11. The van der Waals surface area contributed by atoms with Crippen molar-refractivity contribution in [2.75, 3.05) is 13.6 Å². The van der Waals surface area contributed by atoms with E-state index in [0.717, 1.165) is 0 Å². The maximum atomic E-state index is 11.1. The first-order chi connectivity index (χ1) is 6.04. The second-order valence-corrected chi connectivity index (χ2v) is 2.62. The number of hydrogen-bond donors (Lipinski definition) is 2. The fourth-order valence-corrected chi connectivity index (χ4v) is 0.944. The van der Waals surface area contributed by atoms with Crippen molar-refractivity contribution in [3.05, 3.63) is 0 Å². The van der Waals surface area contributed by atoms with Gasteiger partial charge in [0.2, 0.25) is 17.1 Å². The molecule has 0 aliphatic heterocycles. The Hall–Kier alpha value is -1.10. The lowest BCUT2D eigenvalue weighted by Crippen LogP contribution is -2.43. The minimum Gasteiger partial charge on any atom is -0.358 e. The van der Waals surface area contributed by atoms with Crippen molar-refractivity contribution in [2.24, 2.45) is 5.92 Å². The third-order valence-corrected chi connectivity index (χ3v) is 1.57. The molecule has 1 unspecified atom stereocenters. The molecule has 1 atom stereocenters. The molecule has 0 saturated carbocycles. The fraction of sp³-hybridized carbons (Fsp3) is 0.571. The highest BCUT2D eigenvalue weighted by atomic mass is 35.5. The summed E-state index contributed by atoms with van der Waals surface area (Å²) in [7, 11) is 1.33. The van der Waals surface area contributed by atoms with Gasteiger partial charge in [-0.1, -0.05) is 0 Å². The number of carbonyl (C=O) groups excluding carboxylic acids is 3. The van der Waals surface area contributed by atoms with Crippen molar-refractivity contribution in [3.63, 3.8) is 0 Å². The highest BCUT2D eigenvalue weighted by Crippen LogP contribution is 2.02. The van der Waals surface area contributed by atoms with Crippen molar-refractivity contribution in [3.8, 4) is 0 Å². The van der Waals surface area contributed by atoms with Crippen LogP contribution in [-0.2, 0) is 14.4 Å². The van der Waals surface area contributed by atoms with Crippen LogP contribution in [0.1, 0.15) is 6.92 Å². The lowest BCUT2D eigenvalue weighted by atomic mass is 10.1. The van der Waals surface area contributed by atoms with E-state index in [2.05, 4.69) is 10.6 Å². The summed E-state index contributed by atoms with van der Waals surface area (Å²) in [6, 6.07) is 0. The molecule has 2 amide bonds. The van der Waals surface area contributed by atoms with Gasteiger partial charge >= 0.3 is 0 Å². The molecule has 13 heavy (non-hydrogen) atoms. The van der Waals surface area contributed by atoms with Crippen LogP contribution in [-0.4, -0.2) is 30.6 Å². The van der Waals surface area contributed by atoms with Gasteiger partial charge in [0.15, 0.2) is 5.92 Å². The van der Waals surface area contributed by atoms with E-state index in [4.69, 9.17) is 11.6 Å². The van der Waals surface area contributed by atoms with E-state index in [-0.39, 0.29) is 0 Å². The smallest absolute Gasteiger partial charge is 0.243 e. The normalized spacial score (nSPS) is 11.6. The Balaban J connectivity index is 4.51. The topological polar surface area (TPSA) is 75.3 Å². The number of halogens is 1. The number of nitrogens with one attached hydrogen (secondary N) is 2. The molecule has 6 heteroatoms. The monoisotopic (exact) mass is 206 g/mol. The van der Waals surface area contributed by atoms with Crippen LogP contribution in [0.2, 0.25) is 0 Å². The van der Waals surface area contributed by atoms with E-state index < -0.39 is 23.0 Å². The first-order valence-electron chi connectivity index (χ1n) is 3.73. The number of carbonyl (C=O) groups is 3. The molecule has 0 rings (SSSR count). The van der Waals surface area contributed by atoms with Gasteiger partial charge in [-0.05, 0) is 18.5 Å². The number of hydrogen-bond acceptors (Lipinski definition) is 3. The minimum absolute atomic E-state index is 0.344. The lowest BCUT2D eigenvalue weighted by Gasteiger charge is -2.09. The van der Waals surface area contributed by atoms with Crippen molar-refractivity contribution >= 4 is 28.7 Å². The number of rotatable bonds is 4. The number of amides is 2. The summed E-state index contributed by atoms with van der Waals surface area (Å²) in [5, 5.41) is 3.54. The second kappa shape index (κ2) is 5.53. The van der Waals surface area contributed by atoms with E-state index in [1.165, 1.54) is 7.05 Å². The molecular weight excluding hydrogens is 196 g/mol. The highest BCUT2D eigenvalue weighted by Gasteiger charge is 2.31. The molecule has 0 fully saturated rings. The van der Waals surface area contributed by atoms with Gasteiger partial charge in [-0.15, -0.1) is 0 Å². The van der Waals surface area contributed by atoms with Crippen LogP contribution in [0, 0.1) is 5.92 Å². The molecule has 0 radical (unpaired) electrons. The summed E-state index contributed by atoms with van der Waals surface area (Å²) in [5.74, 6) is -2.83. The molecule has 0 bridgehead atoms. The Morgan fingerprint density at radius 3 is 2.15 bits per heavy atom. The maximum absolute atomic E-state index is 11.1. The van der Waals surface area contributed by atoms with E-state index in [1.54, 1.807) is 6.92 Å². The molecule has 5 nitrogen and oxygen atoms in total. The molecule has 0 aromatic carbocycles. The van der Waals surface area contributed by atoms with Gasteiger partial charge in [0.05, 0.1) is 0 Å². The average molecular weight is 207 g/mol. The summed E-state index contributed by atoms with van der Waals surface area (Å²) in [6.45, 7) is 2.02. The molecule has 0 saturated heterocycles. The summed E-state index contributed by atoms with van der Waals surface area (Å²) >= 11 is 5.09. The highest BCUT2D eigenvalue weighted by molar-refractivity contribution is 6.67. The van der Waals surface area contributed by atoms with Crippen molar-refractivity contribution < 1.29 is 14.4 Å². The third kappa shape index (κ3) is 3.42. The zero-order chi connectivity index (χ0) is 10.4. The Morgan fingerprint density at radius 1 is 1.31 bits per heavy atom. The van der Waals surface area contributed by atoms with Gasteiger partial charge < -0.3 is 10.6 Å². The van der Waals surface area contributed by atoms with Gasteiger partial charge in [0, 0.05) is 13.6 Å². The quantitative estimate of drug-likeness (QED) is 0.470. The van der Waals surface area contributed by atoms with Crippen LogP contribution >= 0.6 is 11.6 Å². The van der Waals surface area contributed by atoms with Crippen LogP contribution in [0.3, 0.4) is 0 Å². The SMILES string of the molecule is CCNC(=O)C(C(=O)Cl)C(=O)NC. The third-order valence-electron chi connectivity index (χ3n) is 1.35. The van der Waals surface area contributed by atoms with Crippen molar-refractivity contribution in [1.29, 1.82) is 0 Å². The summed E-state index contributed by atoms with van der Waals surface area (Å²) in [4.78, 5) is 32.8. The first kappa shape index (κ1) is 11.9. The zero-order valence-electron chi connectivity index (χ0n) is 7.39. The van der Waals surface area contributed by atoms with E-state index in [1.807, 2.05) is 0 Å². The largest absolute Gasteiger partial charge is 0.358 e. The fourth-order valence-electron chi connectivity index (χ4n) is 0.746. The van der Waals surface area contributed by atoms with Crippen LogP contribution in [0.15, 0.2) is 0 Å². The molecule has 0 heterocycles. The van der Waals surface area contributed by atoms with Crippen molar-refractivity contribution in [2.45, 2.75) is 6.92 Å². The average Bonchev–Trinajstić information content (AvgIpc) is 2.04. The van der Waals surface area contributed by atoms with Crippen LogP contribution < -0.4 is 10.6 Å². The molecule has 0 aliphatic carbocycles. The van der Waals surface area contributed by atoms with E-state index >= 15 is 0 Å². The second-order valence-electron chi connectivity index (χ2n) is 2.25. The Kier molecular flexibility index (Phi) is 5.06. The van der Waals surface area contributed by atoms with Gasteiger partial charge in [0.1, 0.15) is 0 Å². The lowest BCUT2D eigenvalue weighted by molar-refractivity contribution is -0.138. The minimum atomic E-state index is -1.45. The summed E-state index contributed by atoms with van der Waals surface area (Å²) in [6.07, 6.45) is 0. The van der Waals surface area contributed by atoms with Crippen molar-refractivity contribution in [1.82, 2.24) is 10.6 Å². The molecule has 2 N–H and O–H groups in total.